The number of allylic oxidation sites excluding steroid dienone is 1. The van der Waals surface area contributed by atoms with Gasteiger partial charge >= 0.3 is 0 Å². The van der Waals surface area contributed by atoms with Crippen LogP contribution in [-0.4, -0.2) is 5.16 Å². The normalized spacial score (nSPS) is 20.7. The summed E-state index contributed by atoms with van der Waals surface area (Å²) in [4.78, 5) is 4.02. The van der Waals surface area contributed by atoms with Crippen molar-refractivity contribution in [1.82, 2.24) is 0 Å². The van der Waals surface area contributed by atoms with Gasteiger partial charge < -0.3 is 0 Å². The number of unbranched alkanes of at least 4 members (excludes halogenated alkanes) is 4. The minimum atomic E-state index is 0.740. The summed E-state index contributed by atoms with van der Waals surface area (Å²) < 4.78 is 0. The van der Waals surface area contributed by atoms with Gasteiger partial charge in [-0.2, -0.15) is 4.99 Å². The molecule has 1 aromatic carbocycles. The quantitative estimate of drug-likeness (QED) is 0.202. The van der Waals surface area contributed by atoms with Crippen LogP contribution in [0.3, 0.4) is 0 Å². The van der Waals surface area contributed by atoms with Gasteiger partial charge in [-0.15, -0.1) is 6.58 Å². The van der Waals surface area contributed by atoms with Gasteiger partial charge in [0.2, 0.25) is 0 Å². The molecule has 0 aliphatic heterocycles. The smallest absolute Gasteiger partial charge is 0.0739 e. The molecule has 0 heterocycles. The highest BCUT2D eigenvalue weighted by Gasteiger charge is 2.21. The Hall–Kier alpha value is -1.24. The maximum absolute atomic E-state index is 4.65. The van der Waals surface area contributed by atoms with E-state index in [1.54, 1.807) is 0 Å². The van der Waals surface area contributed by atoms with Crippen molar-refractivity contribution in [2.24, 2.45) is 10.9 Å². The Balaban J connectivity index is 1.67. The highest BCUT2D eigenvalue weighted by molar-refractivity contribution is 7.78. The molecule has 1 aliphatic carbocycles. The van der Waals surface area contributed by atoms with Crippen LogP contribution in [-0.2, 0) is 0 Å². The van der Waals surface area contributed by atoms with Crippen molar-refractivity contribution in [1.29, 1.82) is 0 Å². The van der Waals surface area contributed by atoms with E-state index in [1.165, 1.54) is 69.8 Å². The molecule has 23 heavy (non-hydrogen) atoms. The third-order valence-electron chi connectivity index (χ3n) is 5.16. The lowest BCUT2D eigenvalue weighted by atomic mass is 9.77. The first-order chi connectivity index (χ1) is 11.3. The number of isothiocyanates is 1. The first kappa shape index (κ1) is 18.1. The van der Waals surface area contributed by atoms with Gasteiger partial charge in [0, 0.05) is 0 Å². The van der Waals surface area contributed by atoms with Crippen molar-refractivity contribution in [3.05, 3.63) is 42.5 Å². The molecule has 0 saturated heterocycles. The van der Waals surface area contributed by atoms with Crippen LogP contribution in [0.1, 0.15) is 75.7 Å². The Morgan fingerprint density at radius 3 is 2.39 bits per heavy atom. The molecular formula is C21H29NS. The fourth-order valence-corrected chi connectivity index (χ4v) is 3.84. The zero-order valence-electron chi connectivity index (χ0n) is 14.2. The largest absolute Gasteiger partial charge is 0.195 e. The Bertz CT molecular complexity index is 505. The second-order valence-electron chi connectivity index (χ2n) is 6.79. The first-order valence-corrected chi connectivity index (χ1v) is 9.53. The van der Waals surface area contributed by atoms with E-state index in [0.29, 0.717) is 0 Å². The van der Waals surface area contributed by atoms with Crippen molar-refractivity contribution in [3.8, 4) is 0 Å². The average Bonchev–Trinajstić information content (AvgIpc) is 2.60. The third-order valence-corrected chi connectivity index (χ3v) is 5.25. The van der Waals surface area contributed by atoms with Crippen LogP contribution < -0.4 is 0 Å². The Morgan fingerprint density at radius 1 is 1.04 bits per heavy atom. The summed E-state index contributed by atoms with van der Waals surface area (Å²) in [6.45, 7) is 3.78. The highest BCUT2D eigenvalue weighted by Crippen LogP contribution is 2.38. The molecule has 0 unspecified atom stereocenters. The van der Waals surface area contributed by atoms with Crippen LogP contribution in [0.25, 0.3) is 0 Å². The van der Waals surface area contributed by atoms with Gasteiger partial charge in [0.25, 0.3) is 0 Å². The molecule has 1 fully saturated rings. The van der Waals surface area contributed by atoms with Crippen molar-refractivity contribution >= 4 is 23.1 Å². The number of hydrogen-bond donors (Lipinski definition) is 0. The monoisotopic (exact) mass is 327 g/mol. The molecule has 1 saturated carbocycles. The molecule has 1 nitrogen and oxygen atoms in total. The van der Waals surface area contributed by atoms with E-state index in [2.05, 4.69) is 53.2 Å². The van der Waals surface area contributed by atoms with E-state index in [-0.39, 0.29) is 0 Å². The predicted octanol–water partition coefficient (Wildman–Crippen LogP) is 7.22. The molecule has 124 valence electrons. The van der Waals surface area contributed by atoms with Crippen LogP contribution in [0.5, 0.6) is 0 Å². The number of aliphatic imine (C=N–C) groups is 1. The predicted molar refractivity (Wildman–Crippen MR) is 104 cm³/mol. The molecule has 2 rings (SSSR count). The van der Waals surface area contributed by atoms with Gasteiger partial charge in [-0.05, 0) is 80.3 Å². The van der Waals surface area contributed by atoms with Gasteiger partial charge in [0.1, 0.15) is 0 Å². The number of rotatable bonds is 9. The van der Waals surface area contributed by atoms with Gasteiger partial charge in [0.05, 0.1) is 10.8 Å². The van der Waals surface area contributed by atoms with Crippen LogP contribution in [0, 0.1) is 5.92 Å². The zero-order chi connectivity index (χ0) is 16.3. The minimum Gasteiger partial charge on any atom is -0.195 e. The first-order valence-electron chi connectivity index (χ1n) is 9.12. The summed E-state index contributed by atoms with van der Waals surface area (Å²) in [6, 6.07) is 8.56. The highest BCUT2D eigenvalue weighted by atomic mass is 32.1. The molecule has 0 aromatic heterocycles. The topological polar surface area (TPSA) is 12.4 Å². The summed E-state index contributed by atoms with van der Waals surface area (Å²) in [5.74, 6) is 1.70. The lowest BCUT2D eigenvalue weighted by Gasteiger charge is -2.29. The van der Waals surface area contributed by atoms with Crippen LogP contribution in [0.15, 0.2) is 41.9 Å². The summed E-state index contributed by atoms with van der Waals surface area (Å²) >= 11 is 4.65. The summed E-state index contributed by atoms with van der Waals surface area (Å²) in [5, 5.41) is 2.43. The molecule has 0 bridgehead atoms. The van der Waals surface area contributed by atoms with E-state index in [4.69, 9.17) is 0 Å². The van der Waals surface area contributed by atoms with Crippen LogP contribution >= 0.6 is 12.2 Å². The van der Waals surface area contributed by atoms with E-state index in [1.807, 2.05) is 6.08 Å². The maximum atomic E-state index is 4.65. The van der Waals surface area contributed by atoms with Crippen molar-refractivity contribution in [2.75, 3.05) is 0 Å². The van der Waals surface area contributed by atoms with Crippen LogP contribution in [0.2, 0.25) is 0 Å². The fraction of sp³-hybridized carbons (Fsp3) is 0.571. The Labute approximate surface area is 146 Å². The molecule has 0 atom stereocenters. The number of benzene rings is 1. The summed E-state index contributed by atoms with van der Waals surface area (Å²) in [6.07, 6.45) is 15.6. The van der Waals surface area contributed by atoms with Crippen molar-refractivity contribution in [3.63, 3.8) is 0 Å². The molecular weight excluding hydrogens is 298 g/mol. The Morgan fingerprint density at radius 2 is 1.74 bits per heavy atom. The second kappa shape index (κ2) is 10.5. The fourth-order valence-electron chi connectivity index (χ4n) is 3.73. The van der Waals surface area contributed by atoms with E-state index < -0.39 is 0 Å². The lowest BCUT2D eigenvalue weighted by Crippen LogP contribution is -2.13. The minimum absolute atomic E-state index is 0.740. The molecule has 2 heteroatoms. The average molecular weight is 328 g/mol. The van der Waals surface area contributed by atoms with Gasteiger partial charge in [-0.25, -0.2) is 0 Å². The van der Waals surface area contributed by atoms with Gasteiger partial charge in [-0.1, -0.05) is 43.9 Å². The van der Waals surface area contributed by atoms with Crippen molar-refractivity contribution in [2.45, 2.75) is 70.1 Å². The zero-order valence-corrected chi connectivity index (χ0v) is 15.0. The van der Waals surface area contributed by atoms with E-state index in [9.17, 15) is 0 Å². The lowest BCUT2D eigenvalue weighted by molar-refractivity contribution is 0.302. The molecule has 0 spiro atoms. The third kappa shape index (κ3) is 6.41. The standard InChI is InChI=1S/C21H29NS/c1-2-3-4-5-6-7-8-18-9-11-19(12-10-18)20-13-15-21(16-14-20)22-17-23/h2,13-16,18-19H,1,3-12H2/t18-,19-. The molecule has 1 aromatic rings. The SMILES string of the molecule is C=CCCCCCC[C@H]1CC[C@H](c2ccc(N=C=S)cc2)CC1. The molecule has 0 amide bonds. The molecule has 1 aliphatic rings. The number of thiocarbonyl (C=S) groups is 1. The van der Waals surface area contributed by atoms with E-state index in [0.717, 1.165) is 17.5 Å². The second-order valence-corrected chi connectivity index (χ2v) is 6.98. The summed E-state index contributed by atoms with van der Waals surface area (Å²) in [7, 11) is 0. The van der Waals surface area contributed by atoms with Crippen LogP contribution in [0.4, 0.5) is 5.69 Å². The molecule has 0 radical (unpaired) electrons. The maximum Gasteiger partial charge on any atom is 0.0739 e. The molecule has 0 N–H and O–H groups in total. The van der Waals surface area contributed by atoms with E-state index >= 15 is 0 Å². The number of hydrogen-bond acceptors (Lipinski definition) is 2. The van der Waals surface area contributed by atoms with Crippen molar-refractivity contribution < 1.29 is 0 Å². The number of nitrogens with zero attached hydrogens (tertiary/aromatic N) is 1. The Kier molecular flexibility index (Phi) is 8.28. The van der Waals surface area contributed by atoms with Gasteiger partial charge in [0.15, 0.2) is 0 Å². The summed E-state index contributed by atoms with van der Waals surface area (Å²) in [5.41, 5.74) is 2.38. The van der Waals surface area contributed by atoms with Gasteiger partial charge in [-0.3, -0.25) is 0 Å².